The van der Waals surface area contributed by atoms with Crippen molar-refractivity contribution in [3.8, 4) is 0 Å². The summed E-state index contributed by atoms with van der Waals surface area (Å²) in [6, 6.07) is 5.95. The van der Waals surface area contributed by atoms with Crippen LogP contribution in [-0.2, 0) is 38.1 Å². The van der Waals surface area contributed by atoms with Gasteiger partial charge in [-0.25, -0.2) is 9.69 Å². The molecule has 5 aliphatic carbocycles. The molecule has 2 heterocycles. The number of amides is 2. The molecule has 5 saturated carbocycles. The van der Waals surface area contributed by atoms with Gasteiger partial charge in [0.15, 0.2) is 0 Å². The van der Waals surface area contributed by atoms with Crippen LogP contribution in [-0.4, -0.2) is 122 Å². The van der Waals surface area contributed by atoms with Crippen molar-refractivity contribution in [3.63, 3.8) is 0 Å². The summed E-state index contributed by atoms with van der Waals surface area (Å²) in [5.74, 6) is -3.74. The number of benzene rings is 1. The highest BCUT2D eigenvalue weighted by Gasteiger charge is 2.92. The first-order chi connectivity index (χ1) is 24.3. The summed E-state index contributed by atoms with van der Waals surface area (Å²) in [5.41, 5.74) is -4.72. The van der Waals surface area contributed by atoms with Gasteiger partial charge in [0.1, 0.15) is 17.3 Å². The number of ether oxygens (including phenoxy) is 5. The van der Waals surface area contributed by atoms with Crippen molar-refractivity contribution in [2.24, 2.45) is 40.4 Å². The molecule has 1 aromatic carbocycles. The van der Waals surface area contributed by atoms with Crippen molar-refractivity contribution >= 4 is 29.4 Å². The van der Waals surface area contributed by atoms with Gasteiger partial charge in [0.05, 0.1) is 42.2 Å². The van der Waals surface area contributed by atoms with Crippen molar-refractivity contribution in [2.75, 3.05) is 45.9 Å². The van der Waals surface area contributed by atoms with Gasteiger partial charge in [-0.2, -0.15) is 0 Å². The quantitative estimate of drug-likeness (QED) is 0.284. The third-order valence-electron chi connectivity index (χ3n) is 14.6. The largest absolute Gasteiger partial charge is 0.462 e. The summed E-state index contributed by atoms with van der Waals surface area (Å²) in [6.45, 7) is 6.10. The molecule has 1 aromatic rings. The van der Waals surface area contributed by atoms with E-state index in [1.807, 2.05) is 6.92 Å². The number of fused-ring (bicyclic) bond motifs is 2. The molecule has 2 unspecified atom stereocenters. The van der Waals surface area contributed by atoms with E-state index in [2.05, 4.69) is 4.90 Å². The lowest BCUT2D eigenvalue weighted by molar-refractivity contribution is -0.319. The second-order valence-corrected chi connectivity index (χ2v) is 16.3. The van der Waals surface area contributed by atoms with Crippen LogP contribution >= 0.6 is 0 Å². The maximum absolute atomic E-state index is 14.1. The Kier molecular flexibility index (Phi) is 8.11. The lowest BCUT2D eigenvalue weighted by atomic mass is 9.42. The Balaban J connectivity index is 1.24. The molecule has 13 nitrogen and oxygen atoms in total. The Hall–Kier alpha value is -2.94. The minimum Gasteiger partial charge on any atom is -0.462 e. The number of likely N-dealkylation sites (tertiary alicyclic amines) is 1. The highest BCUT2D eigenvalue weighted by molar-refractivity contribution is 6.22. The zero-order chi connectivity index (χ0) is 36.4. The van der Waals surface area contributed by atoms with Crippen LogP contribution in [0.25, 0.3) is 0 Å². The molecule has 0 aromatic heterocycles. The predicted molar refractivity (Wildman–Crippen MR) is 179 cm³/mol. The fraction of sp³-hybridized carbons (Fsp3) is 0.737. The molecule has 7 bridgehead atoms. The fourth-order valence-electron chi connectivity index (χ4n) is 13.2. The number of hydrogen-bond donors (Lipinski definition) is 2. The molecule has 0 radical (unpaired) electrons. The van der Waals surface area contributed by atoms with Gasteiger partial charge >= 0.3 is 11.9 Å². The second kappa shape index (κ2) is 11.8. The van der Waals surface area contributed by atoms with Gasteiger partial charge in [-0.3, -0.25) is 19.3 Å². The third kappa shape index (κ3) is 4.19. The van der Waals surface area contributed by atoms with Crippen LogP contribution in [0.5, 0.6) is 0 Å². The van der Waals surface area contributed by atoms with E-state index in [0.29, 0.717) is 32.4 Å². The van der Waals surface area contributed by atoms with Crippen LogP contribution in [0.2, 0.25) is 0 Å². The Morgan fingerprint density at radius 1 is 1.06 bits per heavy atom. The van der Waals surface area contributed by atoms with E-state index in [9.17, 15) is 29.4 Å². The number of hydrogen-bond acceptors (Lipinski definition) is 12. The summed E-state index contributed by atoms with van der Waals surface area (Å²) >= 11 is 0. The summed E-state index contributed by atoms with van der Waals surface area (Å²) in [5, 5.41) is 26.7. The van der Waals surface area contributed by atoms with E-state index in [-0.39, 0.29) is 60.5 Å². The predicted octanol–water partition coefficient (Wildman–Crippen LogP) is 1.95. The highest BCUT2D eigenvalue weighted by Crippen LogP contribution is 2.80. The summed E-state index contributed by atoms with van der Waals surface area (Å²) in [7, 11) is 4.85. The Morgan fingerprint density at radius 3 is 2.43 bits per heavy atom. The molecule has 7 aliphatic rings. The number of anilines is 1. The number of imide groups is 1. The topological polar surface area (TPSA) is 161 Å². The van der Waals surface area contributed by atoms with Gasteiger partial charge in [-0.1, -0.05) is 26.0 Å². The molecule has 2 saturated heterocycles. The van der Waals surface area contributed by atoms with Gasteiger partial charge in [0.2, 0.25) is 11.8 Å². The molecule has 2 aliphatic heterocycles. The number of aliphatic hydroxyl groups is 2. The minimum absolute atomic E-state index is 0.0201. The average molecular weight is 711 g/mol. The van der Waals surface area contributed by atoms with Crippen molar-refractivity contribution in [2.45, 2.75) is 94.5 Å². The lowest BCUT2D eigenvalue weighted by Crippen LogP contribution is -2.82. The van der Waals surface area contributed by atoms with E-state index >= 15 is 0 Å². The van der Waals surface area contributed by atoms with Crippen LogP contribution in [0, 0.1) is 40.4 Å². The first kappa shape index (κ1) is 35.1. The van der Waals surface area contributed by atoms with E-state index in [1.54, 1.807) is 52.5 Å². The van der Waals surface area contributed by atoms with Crippen LogP contribution in [0.4, 0.5) is 5.69 Å². The smallest absolute Gasteiger partial charge is 0.340 e. The van der Waals surface area contributed by atoms with E-state index in [0.717, 1.165) is 4.90 Å². The zero-order valence-corrected chi connectivity index (χ0v) is 30.2. The van der Waals surface area contributed by atoms with Crippen LogP contribution < -0.4 is 4.90 Å². The van der Waals surface area contributed by atoms with Gasteiger partial charge in [0, 0.05) is 82.1 Å². The second-order valence-electron chi connectivity index (χ2n) is 16.3. The maximum atomic E-state index is 14.1. The Bertz CT molecular complexity index is 1650. The van der Waals surface area contributed by atoms with E-state index in [4.69, 9.17) is 23.7 Å². The number of methoxy groups -OCH3 is 3. The van der Waals surface area contributed by atoms with Crippen molar-refractivity contribution < 1.29 is 53.1 Å². The molecule has 7 fully saturated rings. The van der Waals surface area contributed by atoms with E-state index < -0.39 is 76.1 Å². The van der Waals surface area contributed by atoms with Crippen molar-refractivity contribution in [3.05, 3.63) is 29.8 Å². The number of likely N-dealkylation sites (N-methyl/N-ethyl adjacent to an activating group) is 1. The first-order valence-electron chi connectivity index (χ1n) is 18.4. The highest BCUT2D eigenvalue weighted by atomic mass is 16.6. The van der Waals surface area contributed by atoms with Crippen molar-refractivity contribution in [1.29, 1.82) is 0 Å². The maximum Gasteiger partial charge on any atom is 0.340 e. The van der Waals surface area contributed by atoms with Gasteiger partial charge in [-0.15, -0.1) is 0 Å². The first-order valence-corrected chi connectivity index (χ1v) is 18.4. The number of carbonyl (C=O) groups is 4. The molecule has 2 N–H and O–H groups in total. The van der Waals surface area contributed by atoms with Gasteiger partial charge in [0.25, 0.3) is 0 Å². The number of esters is 2. The molecular formula is C38H50N2O11. The monoisotopic (exact) mass is 710 g/mol. The summed E-state index contributed by atoms with van der Waals surface area (Å²) in [4.78, 5) is 55.9. The zero-order valence-electron chi connectivity index (χ0n) is 30.2. The molecule has 14 atom stereocenters. The average Bonchev–Trinajstić information content (AvgIpc) is 3.61. The third-order valence-corrected chi connectivity index (χ3v) is 14.6. The molecule has 8 rings (SSSR count). The lowest BCUT2D eigenvalue weighted by Gasteiger charge is -2.70. The molecule has 2 amide bonds. The standard InChI is InChI=1S/C38H50N2O11/c1-7-39-17-35(18-50-33(44)21-10-8-9-11-24(21)40-27(42)14-19(2)32(40)43)13-12-26(48-5)37-23-15-22-25(47-4)16-36(45,28(23)29(22)51-20(3)41)38(46,34(37)39)31(49-6)30(35)37/h8-11,19,22-23,25-26,28-31,34,45-46H,7,12-18H2,1-6H3/t19?,22-,23-,25+,26+,28-,29+,30-,31+,34+,35+,36-,37?,38+/m1/s1. The summed E-state index contributed by atoms with van der Waals surface area (Å²) < 4.78 is 31.1. The number of rotatable bonds is 9. The SMILES string of the molecule is CCN1C[C@]2(COC(=O)c3ccccc3N3C(=O)CC(C)C3=O)CC[C@H](OC)C34[C@@H]5C[C@H]6[C@H](OC(C)=O)[C@@H]5[C@](O)(C[C@@H]6OC)[C@](O)([C@@H](OC)[C@@H]32)[C@@H]14. The summed E-state index contributed by atoms with van der Waals surface area (Å²) in [6.07, 6.45) is -0.303. The Morgan fingerprint density at radius 2 is 1.80 bits per heavy atom. The normalized spacial score (nSPS) is 46.4. The number of carbonyl (C=O) groups excluding carboxylic acids is 4. The van der Waals surface area contributed by atoms with Crippen LogP contribution in [0.3, 0.4) is 0 Å². The molecular weight excluding hydrogens is 660 g/mol. The Labute approximate surface area is 297 Å². The van der Waals surface area contributed by atoms with Crippen LogP contribution in [0.15, 0.2) is 24.3 Å². The minimum atomic E-state index is -1.82. The van der Waals surface area contributed by atoms with E-state index in [1.165, 1.54) is 6.92 Å². The fourth-order valence-corrected chi connectivity index (χ4v) is 13.2. The molecule has 278 valence electrons. The number of piperidine rings is 1. The van der Waals surface area contributed by atoms with Crippen LogP contribution in [0.1, 0.15) is 63.2 Å². The van der Waals surface area contributed by atoms with Gasteiger partial charge < -0.3 is 33.9 Å². The molecule has 13 heteroatoms. The molecule has 51 heavy (non-hydrogen) atoms. The van der Waals surface area contributed by atoms with Crippen molar-refractivity contribution in [1.82, 2.24) is 4.90 Å². The number of para-hydroxylation sites is 1. The van der Waals surface area contributed by atoms with Gasteiger partial charge in [-0.05, 0) is 43.9 Å². The molecule has 1 spiro atoms. The number of nitrogens with zero attached hydrogens (tertiary/aromatic N) is 2.